The monoisotopic (exact) mass is 282 g/mol. The van der Waals surface area contributed by atoms with Crippen LogP contribution in [0, 0.1) is 11.6 Å². The summed E-state index contributed by atoms with van der Waals surface area (Å²) < 4.78 is 27.7. The van der Waals surface area contributed by atoms with Crippen LogP contribution >= 0.6 is 0 Å². The summed E-state index contributed by atoms with van der Waals surface area (Å²) in [5.41, 5.74) is 0.282. The average molecular weight is 282 g/mol. The summed E-state index contributed by atoms with van der Waals surface area (Å²) in [5.74, 6) is -0.719. The van der Waals surface area contributed by atoms with Crippen LogP contribution in [0.1, 0.15) is 43.7 Å². The molecule has 1 aromatic rings. The zero-order chi connectivity index (χ0) is 14.8. The van der Waals surface area contributed by atoms with Crippen molar-refractivity contribution in [2.75, 3.05) is 21.1 Å². The second-order valence-corrected chi connectivity index (χ2v) is 5.95. The minimum absolute atomic E-state index is 0.151. The number of rotatable bonds is 4. The Labute approximate surface area is 120 Å². The lowest BCUT2D eigenvalue weighted by Gasteiger charge is -2.48. The Bertz CT molecular complexity index is 454. The van der Waals surface area contributed by atoms with Gasteiger partial charge >= 0.3 is 0 Å². The van der Waals surface area contributed by atoms with Gasteiger partial charge in [0.15, 0.2) is 0 Å². The highest BCUT2D eigenvalue weighted by Gasteiger charge is 2.42. The highest BCUT2D eigenvalue weighted by atomic mass is 19.1. The van der Waals surface area contributed by atoms with Gasteiger partial charge in [-0.1, -0.05) is 19.3 Å². The molecule has 0 aliphatic heterocycles. The molecule has 1 aliphatic carbocycles. The number of nitrogens with one attached hydrogen (secondary N) is 1. The van der Waals surface area contributed by atoms with E-state index in [0.717, 1.165) is 25.7 Å². The van der Waals surface area contributed by atoms with Crippen LogP contribution in [0.2, 0.25) is 0 Å². The third-order valence-electron chi connectivity index (χ3n) is 4.71. The van der Waals surface area contributed by atoms with Gasteiger partial charge in [-0.3, -0.25) is 0 Å². The van der Waals surface area contributed by atoms with Gasteiger partial charge in [-0.05, 0) is 52.2 Å². The van der Waals surface area contributed by atoms with Crippen molar-refractivity contribution >= 4 is 0 Å². The van der Waals surface area contributed by atoms with Crippen molar-refractivity contribution in [3.8, 4) is 0 Å². The van der Waals surface area contributed by atoms with Crippen LogP contribution in [0.5, 0.6) is 0 Å². The Morgan fingerprint density at radius 3 is 2.35 bits per heavy atom. The molecule has 1 aromatic carbocycles. The van der Waals surface area contributed by atoms with E-state index in [1.165, 1.54) is 24.6 Å². The maximum atomic E-state index is 14.2. The van der Waals surface area contributed by atoms with E-state index in [4.69, 9.17) is 0 Å². The third-order valence-corrected chi connectivity index (χ3v) is 4.71. The smallest absolute Gasteiger partial charge is 0.128 e. The normalized spacial score (nSPS) is 20.1. The molecule has 0 bridgehead atoms. The Morgan fingerprint density at radius 2 is 1.80 bits per heavy atom. The van der Waals surface area contributed by atoms with E-state index in [1.54, 1.807) is 0 Å². The van der Waals surface area contributed by atoms with E-state index in [-0.39, 0.29) is 23.2 Å². The summed E-state index contributed by atoms with van der Waals surface area (Å²) in [7, 11) is 5.90. The Morgan fingerprint density at radius 1 is 1.15 bits per heavy atom. The topological polar surface area (TPSA) is 15.3 Å². The van der Waals surface area contributed by atoms with Crippen molar-refractivity contribution in [3.63, 3.8) is 0 Å². The number of likely N-dealkylation sites (N-methyl/N-ethyl adjacent to an activating group) is 2. The van der Waals surface area contributed by atoms with Gasteiger partial charge in [-0.2, -0.15) is 0 Å². The molecule has 0 heterocycles. The molecule has 0 radical (unpaired) electrons. The molecule has 2 rings (SSSR count). The van der Waals surface area contributed by atoms with Crippen molar-refractivity contribution in [3.05, 3.63) is 35.4 Å². The first-order valence-corrected chi connectivity index (χ1v) is 7.31. The zero-order valence-corrected chi connectivity index (χ0v) is 12.5. The van der Waals surface area contributed by atoms with Crippen LogP contribution < -0.4 is 5.32 Å². The zero-order valence-electron chi connectivity index (χ0n) is 12.5. The highest BCUT2D eigenvalue weighted by molar-refractivity contribution is 5.26. The van der Waals surface area contributed by atoms with Crippen molar-refractivity contribution in [1.29, 1.82) is 0 Å². The van der Waals surface area contributed by atoms with Crippen LogP contribution in [0.15, 0.2) is 18.2 Å². The summed E-state index contributed by atoms with van der Waals surface area (Å²) in [5, 5.41) is 3.23. The lowest BCUT2D eigenvalue weighted by molar-refractivity contribution is 0.0579. The largest absolute Gasteiger partial charge is 0.311 e. The summed E-state index contributed by atoms with van der Waals surface area (Å²) >= 11 is 0. The minimum Gasteiger partial charge on any atom is -0.311 e. The van der Waals surface area contributed by atoms with Gasteiger partial charge in [0.2, 0.25) is 0 Å². The Kier molecular flexibility index (Phi) is 4.76. The van der Waals surface area contributed by atoms with Gasteiger partial charge in [0.1, 0.15) is 11.6 Å². The van der Waals surface area contributed by atoms with Crippen LogP contribution in [0.4, 0.5) is 8.78 Å². The standard InChI is InChI=1S/C16H24F2N2/c1-19-15(13-11-12(17)7-8-14(13)18)16(20(2)3)9-5-4-6-10-16/h7-8,11,15,19H,4-6,9-10H2,1-3H3. The fourth-order valence-electron chi connectivity index (χ4n) is 3.61. The maximum absolute atomic E-state index is 14.2. The lowest BCUT2D eigenvalue weighted by Crippen LogP contribution is -2.54. The molecule has 112 valence electrons. The second-order valence-electron chi connectivity index (χ2n) is 5.95. The third kappa shape index (κ3) is 2.72. The van der Waals surface area contributed by atoms with Gasteiger partial charge in [-0.15, -0.1) is 0 Å². The Hall–Kier alpha value is -1.00. The fourth-order valence-corrected chi connectivity index (χ4v) is 3.61. The minimum atomic E-state index is -0.383. The van der Waals surface area contributed by atoms with E-state index in [9.17, 15) is 8.78 Å². The molecule has 1 fully saturated rings. The number of benzene rings is 1. The second kappa shape index (κ2) is 6.19. The van der Waals surface area contributed by atoms with Gasteiger partial charge in [0.25, 0.3) is 0 Å². The van der Waals surface area contributed by atoms with E-state index < -0.39 is 0 Å². The molecule has 0 amide bonds. The van der Waals surface area contributed by atoms with Crippen molar-refractivity contribution < 1.29 is 8.78 Å². The van der Waals surface area contributed by atoms with Crippen LogP contribution in [0.25, 0.3) is 0 Å². The molecule has 1 aliphatic rings. The van der Waals surface area contributed by atoms with E-state index in [2.05, 4.69) is 10.2 Å². The molecule has 0 saturated heterocycles. The summed E-state index contributed by atoms with van der Waals surface area (Å²) in [6, 6.07) is 3.53. The lowest BCUT2D eigenvalue weighted by atomic mass is 9.73. The van der Waals surface area contributed by atoms with Crippen LogP contribution in [-0.2, 0) is 0 Å². The van der Waals surface area contributed by atoms with Gasteiger partial charge in [0, 0.05) is 11.1 Å². The number of nitrogens with zero attached hydrogens (tertiary/aromatic N) is 1. The molecule has 0 spiro atoms. The van der Waals surface area contributed by atoms with Gasteiger partial charge < -0.3 is 10.2 Å². The summed E-state index contributed by atoms with van der Waals surface area (Å²) in [6.45, 7) is 0. The van der Waals surface area contributed by atoms with E-state index in [0.29, 0.717) is 5.56 Å². The molecule has 1 atom stereocenters. The number of halogens is 2. The highest BCUT2D eigenvalue weighted by Crippen LogP contribution is 2.42. The predicted octanol–water partition coefficient (Wildman–Crippen LogP) is 3.49. The molecule has 0 aromatic heterocycles. The quantitative estimate of drug-likeness (QED) is 0.909. The molecule has 20 heavy (non-hydrogen) atoms. The molecule has 2 nitrogen and oxygen atoms in total. The Balaban J connectivity index is 2.45. The first-order chi connectivity index (χ1) is 9.51. The predicted molar refractivity (Wildman–Crippen MR) is 77.7 cm³/mol. The van der Waals surface area contributed by atoms with Gasteiger partial charge in [0.05, 0.1) is 6.04 Å². The SMILES string of the molecule is CNC(c1cc(F)ccc1F)C1(N(C)C)CCCCC1. The van der Waals surface area contributed by atoms with Crippen molar-refractivity contribution in [2.24, 2.45) is 0 Å². The molecule has 1 N–H and O–H groups in total. The maximum Gasteiger partial charge on any atom is 0.128 e. The van der Waals surface area contributed by atoms with E-state index in [1.807, 2.05) is 21.1 Å². The molecule has 1 saturated carbocycles. The molecule has 1 unspecified atom stereocenters. The molecular weight excluding hydrogens is 258 g/mol. The number of hydrogen-bond donors (Lipinski definition) is 1. The van der Waals surface area contributed by atoms with Crippen LogP contribution in [-0.4, -0.2) is 31.6 Å². The van der Waals surface area contributed by atoms with Crippen LogP contribution in [0.3, 0.4) is 0 Å². The first-order valence-electron chi connectivity index (χ1n) is 7.31. The first kappa shape index (κ1) is 15.4. The number of hydrogen-bond acceptors (Lipinski definition) is 2. The summed E-state index contributed by atoms with van der Waals surface area (Å²) in [4.78, 5) is 2.18. The fraction of sp³-hybridized carbons (Fsp3) is 0.625. The van der Waals surface area contributed by atoms with E-state index >= 15 is 0 Å². The van der Waals surface area contributed by atoms with Gasteiger partial charge in [-0.25, -0.2) is 8.78 Å². The molecule has 4 heteroatoms. The van der Waals surface area contributed by atoms with Crippen molar-refractivity contribution in [1.82, 2.24) is 10.2 Å². The molecular formula is C16H24F2N2. The average Bonchev–Trinajstić information content (AvgIpc) is 2.44. The van der Waals surface area contributed by atoms with Crippen molar-refractivity contribution in [2.45, 2.75) is 43.7 Å². The summed E-state index contributed by atoms with van der Waals surface area (Å²) in [6.07, 6.45) is 5.49.